The van der Waals surface area contributed by atoms with Crippen LogP contribution in [0.1, 0.15) is 15.9 Å². The summed E-state index contributed by atoms with van der Waals surface area (Å²) in [4.78, 5) is 20.9. The molecule has 0 amide bonds. The maximum atomic E-state index is 10.7. The van der Waals surface area contributed by atoms with Crippen LogP contribution in [-0.2, 0) is 4.79 Å². The summed E-state index contributed by atoms with van der Waals surface area (Å²) >= 11 is 0. The Morgan fingerprint density at radius 1 is 1.25 bits per heavy atom. The first-order valence-electron chi connectivity index (χ1n) is 4.50. The number of carboxylic acids is 1. The highest BCUT2D eigenvalue weighted by atomic mass is 16.4. The fourth-order valence-electron chi connectivity index (χ4n) is 1.14. The molecule has 0 aliphatic heterocycles. The lowest BCUT2D eigenvalue weighted by molar-refractivity contribution is -0.131. The first kappa shape index (κ1) is 11.7. The lowest BCUT2D eigenvalue weighted by Gasteiger charge is -2.00. The summed E-state index contributed by atoms with van der Waals surface area (Å²) in [6.07, 6.45) is 5.88. The van der Waals surface area contributed by atoms with E-state index in [1.54, 1.807) is 18.2 Å². The van der Waals surface area contributed by atoms with E-state index in [1.807, 2.05) is 0 Å². The van der Waals surface area contributed by atoms with Crippen molar-refractivity contribution in [2.45, 2.75) is 0 Å². The largest absolute Gasteiger partial charge is 0.507 e. The van der Waals surface area contributed by atoms with Gasteiger partial charge in [-0.2, -0.15) is 0 Å². The van der Waals surface area contributed by atoms with Crippen LogP contribution in [0.2, 0.25) is 0 Å². The number of aliphatic carboxylic acids is 1. The second kappa shape index (κ2) is 5.50. The van der Waals surface area contributed by atoms with Gasteiger partial charge in [-0.1, -0.05) is 30.4 Å². The number of aldehydes is 1. The van der Waals surface area contributed by atoms with Crippen molar-refractivity contribution in [1.29, 1.82) is 0 Å². The van der Waals surface area contributed by atoms with E-state index in [1.165, 1.54) is 18.2 Å². The van der Waals surface area contributed by atoms with Gasteiger partial charge in [0.2, 0.25) is 0 Å². The molecular formula is C12H10O4. The summed E-state index contributed by atoms with van der Waals surface area (Å²) in [5.74, 6) is -1.14. The van der Waals surface area contributed by atoms with E-state index in [0.29, 0.717) is 11.8 Å². The molecule has 0 spiro atoms. The van der Waals surface area contributed by atoms with Crippen molar-refractivity contribution in [2.24, 2.45) is 0 Å². The smallest absolute Gasteiger partial charge is 0.328 e. The number of allylic oxidation sites excluding steroid dienone is 2. The Kier molecular flexibility index (Phi) is 4.03. The molecule has 4 nitrogen and oxygen atoms in total. The number of phenolic OH excluding ortho intramolecular Hbond substituents is 1. The van der Waals surface area contributed by atoms with Crippen molar-refractivity contribution in [2.75, 3.05) is 0 Å². The topological polar surface area (TPSA) is 74.6 Å². The van der Waals surface area contributed by atoms with Crippen LogP contribution in [-0.4, -0.2) is 22.5 Å². The van der Waals surface area contributed by atoms with Gasteiger partial charge in [-0.3, -0.25) is 4.79 Å². The minimum absolute atomic E-state index is 0.0978. The van der Waals surface area contributed by atoms with Gasteiger partial charge in [0.25, 0.3) is 0 Å². The molecule has 0 aromatic heterocycles. The molecule has 0 heterocycles. The van der Waals surface area contributed by atoms with Crippen LogP contribution in [0.4, 0.5) is 0 Å². The molecule has 0 unspecified atom stereocenters. The molecule has 0 fully saturated rings. The van der Waals surface area contributed by atoms with E-state index in [4.69, 9.17) is 5.11 Å². The summed E-state index contributed by atoms with van der Waals surface area (Å²) in [6.45, 7) is 0. The van der Waals surface area contributed by atoms with E-state index >= 15 is 0 Å². The first-order chi connectivity index (χ1) is 7.65. The molecule has 0 aliphatic carbocycles. The Labute approximate surface area is 92.2 Å². The van der Waals surface area contributed by atoms with Gasteiger partial charge in [0.1, 0.15) is 5.75 Å². The Balaban J connectivity index is 2.93. The third-order valence-electron chi connectivity index (χ3n) is 1.86. The molecular weight excluding hydrogens is 208 g/mol. The van der Waals surface area contributed by atoms with E-state index < -0.39 is 5.97 Å². The van der Waals surface area contributed by atoms with E-state index in [9.17, 15) is 14.7 Å². The van der Waals surface area contributed by atoms with Crippen LogP contribution in [0.3, 0.4) is 0 Å². The summed E-state index contributed by atoms with van der Waals surface area (Å²) < 4.78 is 0. The lowest BCUT2D eigenvalue weighted by Crippen LogP contribution is -1.86. The second-order valence-corrected chi connectivity index (χ2v) is 2.95. The molecule has 82 valence electrons. The SMILES string of the molecule is O=Cc1c(O)cccc1C=CC=CC(=O)O. The molecule has 16 heavy (non-hydrogen) atoms. The molecule has 1 aromatic rings. The van der Waals surface area contributed by atoms with E-state index in [-0.39, 0.29) is 11.3 Å². The van der Waals surface area contributed by atoms with Crippen LogP contribution in [0, 0.1) is 0 Å². The highest BCUT2D eigenvalue weighted by Crippen LogP contribution is 2.19. The quantitative estimate of drug-likeness (QED) is 0.459. The van der Waals surface area contributed by atoms with Gasteiger partial charge in [-0.15, -0.1) is 0 Å². The standard InChI is InChI=1S/C12H10O4/c13-8-10-9(5-3-6-11(10)14)4-1-2-7-12(15)16/h1-8,14H,(H,15,16). The van der Waals surface area contributed by atoms with Crippen LogP contribution >= 0.6 is 0 Å². The van der Waals surface area contributed by atoms with Gasteiger partial charge in [0, 0.05) is 6.08 Å². The number of aromatic hydroxyl groups is 1. The molecule has 2 N–H and O–H groups in total. The van der Waals surface area contributed by atoms with Crippen LogP contribution < -0.4 is 0 Å². The fourth-order valence-corrected chi connectivity index (χ4v) is 1.14. The molecule has 0 radical (unpaired) electrons. The summed E-state index contributed by atoms with van der Waals surface area (Å²) in [6, 6.07) is 4.66. The average molecular weight is 218 g/mol. The average Bonchev–Trinajstić information content (AvgIpc) is 2.24. The summed E-state index contributed by atoms with van der Waals surface area (Å²) in [5.41, 5.74) is 0.715. The summed E-state index contributed by atoms with van der Waals surface area (Å²) in [7, 11) is 0. The van der Waals surface area contributed by atoms with Gasteiger partial charge < -0.3 is 10.2 Å². The molecule has 0 atom stereocenters. The van der Waals surface area contributed by atoms with Gasteiger partial charge in [0.05, 0.1) is 5.56 Å². The third-order valence-corrected chi connectivity index (χ3v) is 1.86. The van der Waals surface area contributed by atoms with Crippen molar-refractivity contribution in [3.05, 3.63) is 47.6 Å². The molecule has 0 saturated carbocycles. The van der Waals surface area contributed by atoms with Gasteiger partial charge in [-0.25, -0.2) is 4.79 Å². The van der Waals surface area contributed by atoms with Crippen LogP contribution in [0.25, 0.3) is 6.08 Å². The van der Waals surface area contributed by atoms with Crippen LogP contribution in [0.5, 0.6) is 5.75 Å². The Hall–Kier alpha value is -2.36. The van der Waals surface area contributed by atoms with Crippen molar-refractivity contribution in [1.82, 2.24) is 0 Å². The normalized spacial score (nSPS) is 11.0. The van der Waals surface area contributed by atoms with Crippen molar-refractivity contribution < 1.29 is 19.8 Å². The van der Waals surface area contributed by atoms with Gasteiger partial charge in [0.15, 0.2) is 6.29 Å². The number of carboxylic acid groups (broad SMARTS) is 1. The second-order valence-electron chi connectivity index (χ2n) is 2.95. The molecule has 1 rings (SSSR count). The zero-order valence-electron chi connectivity index (χ0n) is 8.33. The first-order valence-corrected chi connectivity index (χ1v) is 4.50. The Bertz CT molecular complexity index is 458. The zero-order chi connectivity index (χ0) is 12.0. The number of phenols is 1. The maximum Gasteiger partial charge on any atom is 0.328 e. The minimum Gasteiger partial charge on any atom is -0.507 e. The maximum absolute atomic E-state index is 10.7. The monoisotopic (exact) mass is 218 g/mol. The fraction of sp³-hybridized carbons (Fsp3) is 0. The molecule has 0 bridgehead atoms. The predicted octanol–water partition coefficient (Wildman–Crippen LogP) is 1.86. The van der Waals surface area contributed by atoms with Crippen LogP contribution in [0.15, 0.2) is 36.4 Å². The molecule has 0 aliphatic rings. The van der Waals surface area contributed by atoms with E-state index in [0.717, 1.165) is 6.08 Å². The van der Waals surface area contributed by atoms with Gasteiger partial charge >= 0.3 is 5.97 Å². The summed E-state index contributed by atoms with van der Waals surface area (Å²) in [5, 5.41) is 17.7. The van der Waals surface area contributed by atoms with E-state index in [2.05, 4.69) is 0 Å². The van der Waals surface area contributed by atoms with Gasteiger partial charge in [-0.05, 0) is 11.6 Å². The number of hydrogen-bond donors (Lipinski definition) is 2. The zero-order valence-corrected chi connectivity index (χ0v) is 8.33. The predicted molar refractivity (Wildman–Crippen MR) is 59.3 cm³/mol. The number of carbonyl (C=O) groups excluding carboxylic acids is 1. The number of hydrogen-bond acceptors (Lipinski definition) is 3. The Morgan fingerprint density at radius 2 is 2.00 bits per heavy atom. The van der Waals surface area contributed by atoms with Crippen molar-refractivity contribution in [3.8, 4) is 5.75 Å². The number of carbonyl (C=O) groups is 2. The molecule has 4 heteroatoms. The van der Waals surface area contributed by atoms with Crippen molar-refractivity contribution in [3.63, 3.8) is 0 Å². The lowest BCUT2D eigenvalue weighted by atomic mass is 10.1. The third kappa shape index (κ3) is 3.09. The highest BCUT2D eigenvalue weighted by molar-refractivity contribution is 5.86. The Morgan fingerprint density at radius 3 is 2.62 bits per heavy atom. The molecule has 1 aromatic carbocycles. The number of rotatable bonds is 4. The minimum atomic E-state index is -1.05. The highest BCUT2D eigenvalue weighted by Gasteiger charge is 2.02. The molecule has 0 saturated heterocycles. The van der Waals surface area contributed by atoms with Crippen molar-refractivity contribution >= 4 is 18.3 Å². The number of benzene rings is 1.